The molecule has 2 bridgehead atoms. The van der Waals surface area contributed by atoms with E-state index in [1.165, 1.54) is 24.3 Å². The summed E-state index contributed by atoms with van der Waals surface area (Å²) in [5, 5.41) is 16.6. The molecule has 3 N–H and O–H groups in total. The minimum Gasteiger partial charge on any atom is -0.493 e. The van der Waals surface area contributed by atoms with Crippen LogP contribution >= 0.6 is 0 Å². The SMILES string of the molecule is CCCN1CCCCOc2cc(F)cc(c2)CC(C(O)CNCc2cccc(C(F)(F)F)c2)NC(=O)CCC1=O. The van der Waals surface area contributed by atoms with Crippen molar-refractivity contribution in [3.05, 3.63) is 65.0 Å². The number of aliphatic hydroxyl groups excluding tert-OH is 1. The summed E-state index contributed by atoms with van der Waals surface area (Å²) in [6, 6.07) is 8.22. The largest absolute Gasteiger partial charge is 0.493 e. The average molecular weight is 568 g/mol. The summed E-state index contributed by atoms with van der Waals surface area (Å²) in [4.78, 5) is 27.3. The molecule has 0 saturated carbocycles. The molecule has 7 nitrogen and oxygen atoms in total. The molecule has 2 atom stereocenters. The third-order valence-electron chi connectivity index (χ3n) is 6.64. The van der Waals surface area contributed by atoms with Gasteiger partial charge in [0.25, 0.3) is 0 Å². The number of carbonyl (C=O) groups is 2. The lowest BCUT2D eigenvalue weighted by Gasteiger charge is -2.26. The van der Waals surface area contributed by atoms with Crippen LogP contribution < -0.4 is 15.4 Å². The molecular weight excluding hydrogens is 530 g/mol. The summed E-state index contributed by atoms with van der Waals surface area (Å²) >= 11 is 0. The van der Waals surface area contributed by atoms with E-state index in [0.717, 1.165) is 18.6 Å². The van der Waals surface area contributed by atoms with Crippen LogP contribution in [-0.2, 0) is 28.7 Å². The van der Waals surface area contributed by atoms with Gasteiger partial charge in [-0.15, -0.1) is 0 Å². The Kier molecular flexibility index (Phi) is 11.8. The summed E-state index contributed by atoms with van der Waals surface area (Å²) in [7, 11) is 0. The quantitative estimate of drug-likeness (QED) is 0.436. The van der Waals surface area contributed by atoms with Gasteiger partial charge in [-0.05, 0) is 55.0 Å². The fourth-order valence-corrected chi connectivity index (χ4v) is 4.61. The molecule has 40 heavy (non-hydrogen) atoms. The highest BCUT2D eigenvalue weighted by atomic mass is 19.4. The molecule has 0 aliphatic carbocycles. The number of amides is 2. The minimum absolute atomic E-state index is 0.0169. The van der Waals surface area contributed by atoms with Gasteiger partial charge in [0.15, 0.2) is 0 Å². The van der Waals surface area contributed by atoms with Gasteiger partial charge < -0.3 is 25.4 Å². The Balaban J connectivity index is 1.73. The fourth-order valence-electron chi connectivity index (χ4n) is 4.61. The fraction of sp³-hybridized carbons (Fsp3) is 0.517. The van der Waals surface area contributed by atoms with Crippen molar-refractivity contribution in [3.63, 3.8) is 0 Å². The number of hydrogen-bond acceptors (Lipinski definition) is 5. The van der Waals surface area contributed by atoms with Gasteiger partial charge in [-0.1, -0.05) is 25.1 Å². The first-order chi connectivity index (χ1) is 19.0. The molecule has 0 aromatic heterocycles. The molecule has 0 spiro atoms. The maximum atomic E-state index is 14.4. The Morgan fingerprint density at radius 2 is 1.95 bits per heavy atom. The molecule has 220 valence electrons. The zero-order valence-electron chi connectivity index (χ0n) is 22.6. The van der Waals surface area contributed by atoms with E-state index in [0.29, 0.717) is 49.4 Å². The number of nitrogens with zero attached hydrogens (tertiary/aromatic N) is 1. The highest BCUT2D eigenvalue weighted by molar-refractivity contribution is 5.84. The van der Waals surface area contributed by atoms with E-state index in [4.69, 9.17) is 4.74 Å². The smallest absolute Gasteiger partial charge is 0.416 e. The number of carbonyl (C=O) groups excluding carboxylic acids is 2. The lowest BCUT2D eigenvalue weighted by atomic mass is 10.00. The molecule has 2 aromatic carbocycles. The molecule has 3 rings (SSSR count). The summed E-state index contributed by atoms with van der Waals surface area (Å²) in [6.45, 7) is 3.43. The van der Waals surface area contributed by atoms with Gasteiger partial charge in [-0.25, -0.2) is 4.39 Å². The summed E-state index contributed by atoms with van der Waals surface area (Å²) in [5.41, 5.74) is 0.106. The van der Waals surface area contributed by atoms with Crippen LogP contribution in [0.4, 0.5) is 17.6 Å². The second-order valence-corrected chi connectivity index (χ2v) is 10.0. The standard InChI is InChI=1S/C29H37F4N3O4/c1-2-10-36-11-3-4-12-40-24-15-21(14-23(30)17-24)16-25(35-27(38)8-9-28(36)39)26(37)19-34-18-20-6-5-7-22(13-20)29(31,32)33/h5-7,13-15,17,25-26,34,37H,2-4,8-12,16,18-19H2,1H3,(H,35,38). The summed E-state index contributed by atoms with van der Waals surface area (Å²) in [5.74, 6) is -0.759. The predicted octanol–water partition coefficient (Wildman–Crippen LogP) is 4.21. The zero-order valence-corrected chi connectivity index (χ0v) is 22.6. The van der Waals surface area contributed by atoms with Crippen molar-refractivity contribution in [1.82, 2.24) is 15.5 Å². The van der Waals surface area contributed by atoms with Crippen molar-refractivity contribution in [3.8, 4) is 5.75 Å². The maximum Gasteiger partial charge on any atom is 0.416 e. The number of benzene rings is 2. The molecule has 2 aromatic rings. The molecule has 11 heteroatoms. The lowest BCUT2D eigenvalue weighted by Crippen LogP contribution is -2.48. The lowest BCUT2D eigenvalue weighted by molar-refractivity contribution is -0.137. The number of hydrogen-bond donors (Lipinski definition) is 3. The molecule has 1 heterocycles. The van der Waals surface area contributed by atoms with Gasteiger partial charge in [-0.2, -0.15) is 13.2 Å². The van der Waals surface area contributed by atoms with Gasteiger partial charge in [0.2, 0.25) is 11.8 Å². The van der Waals surface area contributed by atoms with Crippen molar-refractivity contribution in [2.24, 2.45) is 0 Å². The Bertz CT molecular complexity index is 1130. The molecule has 2 amide bonds. The second-order valence-electron chi connectivity index (χ2n) is 10.0. The number of nitrogens with one attached hydrogen (secondary N) is 2. The highest BCUT2D eigenvalue weighted by Gasteiger charge is 2.30. The number of aliphatic hydroxyl groups is 1. The van der Waals surface area contributed by atoms with Crippen LogP contribution in [0.15, 0.2) is 42.5 Å². The third-order valence-corrected chi connectivity index (χ3v) is 6.64. The summed E-state index contributed by atoms with van der Waals surface area (Å²) in [6.07, 6.45) is -3.45. The van der Waals surface area contributed by atoms with Crippen molar-refractivity contribution in [1.29, 1.82) is 0 Å². The molecule has 0 radical (unpaired) electrons. The van der Waals surface area contributed by atoms with Crippen LogP contribution in [0.25, 0.3) is 0 Å². The van der Waals surface area contributed by atoms with Crippen molar-refractivity contribution < 1.29 is 37.0 Å². The molecule has 1 aliphatic rings. The molecule has 0 saturated heterocycles. The van der Waals surface area contributed by atoms with Crippen LogP contribution in [-0.4, -0.2) is 60.2 Å². The molecule has 1 aliphatic heterocycles. The first-order valence-corrected chi connectivity index (χ1v) is 13.6. The van der Waals surface area contributed by atoms with Crippen LogP contribution in [0.5, 0.6) is 5.75 Å². The predicted molar refractivity (Wildman–Crippen MR) is 142 cm³/mol. The van der Waals surface area contributed by atoms with E-state index in [1.807, 2.05) is 6.92 Å². The normalized spacial score (nSPS) is 18.6. The van der Waals surface area contributed by atoms with Crippen molar-refractivity contribution >= 4 is 11.8 Å². The van der Waals surface area contributed by atoms with Crippen LogP contribution in [0.1, 0.15) is 55.7 Å². The van der Waals surface area contributed by atoms with Gasteiger partial charge >= 0.3 is 6.18 Å². The van der Waals surface area contributed by atoms with Crippen molar-refractivity contribution in [2.45, 2.75) is 70.3 Å². The van der Waals surface area contributed by atoms with Gasteiger partial charge in [0.05, 0.1) is 24.3 Å². The summed E-state index contributed by atoms with van der Waals surface area (Å²) < 4.78 is 59.1. The zero-order chi connectivity index (χ0) is 29.1. The van der Waals surface area contributed by atoms with Crippen LogP contribution in [0.2, 0.25) is 0 Å². The van der Waals surface area contributed by atoms with Gasteiger partial charge in [0.1, 0.15) is 11.6 Å². The third kappa shape index (κ3) is 10.1. The number of halogens is 4. The first-order valence-electron chi connectivity index (χ1n) is 13.6. The second kappa shape index (κ2) is 15.0. The first kappa shape index (κ1) is 31.3. The molecular formula is C29H37F4N3O4. The van der Waals surface area contributed by atoms with E-state index in [2.05, 4.69) is 10.6 Å². The highest BCUT2D eigenvalue weighted by Crippen LogP contribution is 2.29. The molecule has 0 fully saturated rings. The number of alkyl halides is 3. The Labute approximate surface area is 231 Å². The monoisotopic (exact) mass is 567 g/mol. The number of ether oxygens (including phenoxy) is 1. The number of rotatable bonds is 7. The molecule has 2 unspecified atom stereocenters. The van der Waals surface area contributed by atoms with E-state index in [-0.39, 0.29) is 38.3 Å². The average Bonchev–Trinajstić information content (AvgIpc) is 2.89. The topological polar surface area (TPSA) is 90.9 Å². The number of fused-ring (bicyclic) bond motifs is 2. The minimum atomic E-state index is -4.47. The van der Waals surface area contributed by atoms with E-state index in [9.17, 15) is 32.3 Å². The van der Waals surface area contributed by atoms with Gasteiger partial charge in [0, 0.05) is 45.1 Å². The van der Waals surface area contributed by atoms with Crippen molar-refractivity contribution in [2.75, 3.05) is 26.2 Å². The Morgan fingerprint density at radius 3 is 2.70 bits per heavy atom. The van der Waals surface area contributed by atoms with E-state index >= 15 is 0 Å². The van der Waals surface area contributed by atoms with Crippen LogP contribution in [0, 0.1) is 5.82 Å². The van der Waals surface area contributed by atoms with Gasteiger partial charge in [-0.3, -0.25) is 9.59 Å². The van der Waals surface area contributed by atoms with E-state index in [1.54, 1.807) is 11.0 Å². The van der Waals surface area contributed by atoms with Crippen LogP contribution in [0.3, 0.4) is 0 Å². The maximum absolute atomic E-state index is 14.4. The van der Waals surface area contributed by atoms with E-state index < -0.39 is 35.6 Å². The Morgan fingerprint density at radius 1 is 1.15 bits per heavy atom. The Hall–Kier alpha value is -3.18.